The Balaban J connectivity index is 2.07. The first-order chi connectivity index (χ1) is 14.2. The lowest BCUT2D eigenvalue weighted by molar-refractivity contribution is -0.118. The van der Waals surface area contributed by atoms with Crippen molar-refractivity contribution in [1.29, 1.82) is 0 Å². The molecule has 1 atom stereocenters. The number of amides is 1. The highest BCUT2D eigenvalue weighted by Gasteiger charge is 2.22. The normalized spacial score (nSPS) is 11.5. The quantitative estimate of drug-likeness (QED) is 0.448. The maximum absolute atomic E-state index is 13.0. The zero-order valence-electron chi connectivity index (χ0n) is 18.0. The zero-order chi connectivity index (χ0) is 22.3. The molecule has 0 saturated heterocycles. The van der Waals surface area contributed by atoms with Gasteiger partial charge < -0.3 is 20.7 Å². The summed E-state index contributed by atoms with van der Waals surface area (Å²) in [5.74, 6) is -0.234. The number of carbonyl (C=O) groups is 2. The first-order valence-corrected chi connectivity index (χ1v) is 10.2. The summed E-state index contributed by atoms with van der Waals surface area (Å²) in [6.45, 7) is 8.06. The van der Waals surface area contributed by atoms with Crippen LogP contribution in [0.4, 0.5) is 11.4 Å². The number of aryl methyl sites for hydroxylation is 2. The number of para-hydroxylation sites is 1. The lowest BCUT2D eigenvalue weighted by atomic mass is 10.0. The van der Waals surface area contributed by atoms with E-state index < -0.39 is 12.0 Å². The van der Waals surface area contributed by atoms with E-state index in [9.17, 15) is 9.59 Å². The largest absolute Gasteiger partial charge is 0.465 e. The second-order valence-corrected chi connectivity index (χ2v) is 8.01. The maximum Gasteiger partial charge on any atom is 0.337 e. The van der Waals surface area contributed by atoms with Gasteiger partial charge in [0.15, 0.2) is 5.11 Å². The number of benzene rings is 2. The fourth-order valence-corrected chi connectivity index (χ4v) is 3.32. The molecule has 0 radical (unpaired) electrons. The lowest BCUT2D eigenvalue weighted by Crippen LogP contribution is -2.46. The third-order valence-electron chi connectivity index (χ3n) is 4.62. The minimum atomic E-state index is -0.488. The van der Waals surface area contributed by atoms with Gasteiger partial charge >= 0.3 is 5.97 Å². The predicted molar refractivity (Wildman–Crippen MR) is 125 cm³/mol. The van der Waals surface area contributed by atoms with Crippen LogP contribution in [0.2, 0.25) is 0 Å². The molecule has 2 aromatic carbocycles. The molecule has 3 N–H and O–H groups in total. The Morgan fingerprint density at radius 2 is 1.60 bits per heavy atom. The van der Waals surface area contributed by atoms with Gasteiger partial charge in [0.25, 0.3) is 0 Å². The molecule has 0 saturated carbocycles. The Bertz CT molecular complexity index is 890. The van der Waals surface area contributed by atoms with Crippen molar-refractivity contribution < 1.29 is 14.3 Å². The number of nitrogens with one attached hydrogen (secondary N) is 3. The van der Waals surface area contributed by atoms with Crippen LogP contribution in [0.5, 0.6) is 0 Å². The minimum Gasteiger partial charge on any atom is -0.465 e. The van der Waals surface area contributed by atoms with Gasteiger partial charge in [-0.25, -0.2) is 4.79 Å². The van der Waals surface area contributed by atoms with E-state index in [-0.39, 0.29) is 5.91 Å². The third kappa shape index (κ3) is 6.56. The van der Waals surface area contributed by atoms with Crippen LogP contribution < -0.4 is 16.0 Å². The van der Waals surface area contributed by atoms with E-state index in [1.54, 1.807) is 24.3 Å². The summed E-state index contributed by atoms with van der Waals surface area (Å²) >= 11 is 5.41. The molecule has 0 spiro atoms. The molecule has 0 bridgehead atoms. The number of anilines is 2. The summed E-state index contributed by atoms with van der Waals surface area (Å²) in [7, 11) is 1.34. The summed E-state index contributed by atoms with van der Waals surface area (Å²) in [4.78, 5) is 24.5. The maximum atomic E-state index is 13.0. The number of esters is 1. The molecule has 160 valence electrons. The van der Waals surface area contributed by atoms with E-state index in [4.69, 9.17) is 17.0 Å². The van der Waals surface area contributed by atoms with Crippen LogP contribution >= 0.6 is 12.2 Å². The molecule has 0 fully saturated rings. The van der Waals surface area contributed by atoms with E-state index >= 15 is 0 Å². The number of methoxy groups -OCH3 is 1. The Hall–Kier alpha value is -2.93. The number of hydrogen-bond acceptors (Lipinski definition) is 4. The summed E-state index contributed by atoms with van der Waals surface area (Å²) in [6.07, 6.45) is 0.625. The van der Waals surface area contributed by atoms with Crippen LogP contribution in [-0.2, 0) is 9.53 Å². The molecule has 0 heterocycles. The molecule has 6 nitrogen and oxygen atoms in total. The van der Waals surface area contributed by atoms with Crippen LogP contribution in [0.3, 0.4) is 0 Å². The van der Waals surface area contributed by atoms with Crippen LogP contribution in [0, 0.1) is 19.8 Å². The van der Waals surface area contributed by atoms with Gasteiger partial charge in [-0.1, -0.05) is 32.0 Å². The number of rotatable bonds is 7. The number of hydrogen-bond donors (Lipinski definition) is 3. The molecule has 0 aliphatic carbocycles. The van der Waals surface area contributed by atoms with Gasteiger partial charge in [0.05, 0.1) is 12.7 Å². The Kier molecular flexibility index (Phi) is 8.35. The van der Waals surface area contributed by atoms with E-state index in [1.165, 1.54) is 7.11 Å². The standard InChI is InChI=1S/C23H29N3O3S/c1-14(2)13-19(21(27)26-20-15(3)7-6-8-16(20)4)25-23(30)24-18-11-9-17(10-12-18)22(28)29-5/h6-12,14,19H,13H2,1-5H3,(H,26,27)(H2,24,25,30). The first-order valence-electron chi connectivity index (χ1n) is 9.84. The average Bonchev–Trinajstić information content (AvgIpc) is 2.69. The second-order valence-electron chi connectivity index (χ2n) is 7.61. The average molecular weight is 428 g/mol. The van der Waals surface area contributed by atoms with Gasteiger partial charge in [-0.05, 0) is 73.8 Å². The molecule has 2 rings (SSSR count). The number of ether oxygens (including phenoxy) is 1. The van der Waals surface area contributed by atoms with E-state index in [0.717, 1.165) is 16.8 Å². The van der Waals surface area contributed by atoms with Gasteiger partial charge in [0.2, 0.25) is 5.91 Å². The number of thiocarbonyl (C=S) groups is 1. The summed E-state index contributed by atoms with van der Waals surface area (Å²) < 4.78 is 4.70. The van der Waals surface area contributed by atoms with E-state index in [1.807, 2.05) is 32.0 Å². The van der Waals surface area contributed by atoms with Crippen molar-refractivity contribution in [1.82, 2.24) is 5.32 Å². The van der Waals surface area contributed by atoms with Crippen LogP contribution in [0.1, 0.15) is 41.8 Å². The van der Waals surface area contributed by atoms with Crippen molar-refractivity contribution in [2.45, 2.75) is 40.2 Å². The van der Waals surface area contributed by atoms with Crippen molar-refractivity contribution >= 4 is 40.6 Å². The Morgan fingerprint density at radius 1 is 1.00 bits per heavy atom. The monoisotopic (exact) mass is 427 g/mol. The molecule has 7 heteroatoms. The van der Waals surface area contributed by atoms with Gasteiger partial charge in [-0.2, -0.15) is 0 Å². The number of carbonyl (C=O) groups excluding carboxylic acids is 2. The molecule has 0 aromatic heterocycles. The fraction of sp³-hybridized carbons (Fsp3) is 0.348. The van der Waals surface area contributed by atoms with Crippen LogP contribution in [0.15, 0.2) is 42.5 Å². The van der Waals surface area contributed by atoms with Crippen molar-refractivity contribution in [3.63, 3.8) is 0 Å². The highest BCUT2D eigenvalue weighted by Crippen LogP contribution is 2.20. The van der Waals surface area contributed by atoms with Gasteiger partial charge in [-0.15, -0.1) is 0 Å². The fourth-order valence-electron chi connectivity index (χ4n) is 3.06. The highest BCUT2D eigenvalue weighted by molar-refractivity contribution is 7.80. The molecular formula is C23H29N3O3S. The minimum absolute atomic E-state index is 0.133. The first kappa shape index (κ1) is 23.3. The topological polar surface area (TPSA) is 79.5 Å². The molecule has 30 heavy (non-hydrogen) atoms. The van der Waals surface area contributed by atoms with Crippen molar-refractivity contribution in [3.8, 4) is 0 Å². The van der Waals surface area contributed by atoms with E-state index in [2.05, 4.69) is 29.8 Å². The van der Waals surface area contributed by atoms with Gasteiger partial charge in [0.1, 0.15) is 6.04 Å². The second kappa shape index (κ2) is 10.7. The Morgan fingerprint density at radius 3 is 2.13 bits per heavy atom. The zero-order valence-corrected chi connectivity index (χ0v) is 18.9. The lowest BCUT2D eigenvalue weighted by Gasteiger charge is -2.23. The van der Waals surface area contributed by atoms with Crippen molar-refractivity contribution in [2.75, 3.05) is 17.7 Å². The molecule has 1 amide bonds. The summed E-state index contributed by atoms with van der Waals surface area (Å²) in [5.41, 5.74) is 4.01. The van der Waals surface area contributed by atoms with Gasteiger partial charge in [0, 0.05) is 11.4 Å². The van der Waals surface area contributed by atoms with E-state index in [0.29, 0.717) is 28.7 Å². The molecule has 2 aromatic rings. The smallest absolute Gasteiger partial charge is 0.337 e. The molecule has 0 aliphatic heterocycles. The van der Waals surface area contributed by atoms with Gasteiger partial charge in [-0.3, -0.25) is 4.79 Å². The van der Waals surface area contributed by atoms with Crippen LogP contribution in [0.25, 0.3) is 0 Å². The predicted octanol–water partition coefficient (Wildman–Crippen LogP) is 4.43. The Labute approximate surface area is 183 Å². The summed E-state index contributed by atoms with van der Waals surface area (Å²) in [5, 5.41) is 9.56. The van der Waals surface area contributed by atoms with Crippen LogP contribution in [-0.4, -0.2) is 30.1 Å². The molecular weight excluding hydrogens is 398 g/mol. The highest BCUT2D eigenvalue weighted by atomic mass is 32.1. The van der Waals surface area contributed by atoms with Crippen molar-refractivity contribution in [3.05, 3.63) is 59.2 Å². The van der Waals surface area contributed by atoms with Crippen molar-refractivity contribution in [2.24, 2.45) is 5.92 Å². The molecule has 0 aliphatic rings. The third-order valence-corrected chi connectivity index (χ3v) is 4.84. The molecule has 1 unspecified atom stereocenters. The summed E-state index contributed by atoms with van der Waals surface area (Å²) in [6, 6.07) is 12.2. The SMILES string of the molecule is COC(=O)c1ccc(NC(=S)NC(CC(C)C)C(=O)Nc2c(C)cccc2C)cc1.